The summed E-state index contributed by atoms with van der Waals surface area (Å²) in [5.41, 5.74) is 0. The predicted molar refractivity (Wildman–Crippen MR) is 59.4 cm³/mol. The van der Waals surface area contributed by atoms with Crippen molar-refractivity contribution in [2.24, 2.45) is 17.8 Å². The summed E-state index contributed by atoms with van der Waals surface area (Å²) >= 11 is 0. The molecule has 1 rings (SSSR count). The van der Waals surface area contributed by atoms with Gasteiger partial charge in [0.25, 0.3) is 0 Å². The molecule has 4 nitrogen and oxygen atoms in total. The number of hydrogen-bond donors (Lipinski definition) is 3. The van der Waals surface area contributed by atoms with Crippen molar-refractivity contribution in [3.8, 4) is 0 Å². The molecule has 1 fully saturated rings. The Bertz CT molecular complexity index is 221. The molecule has 15 heavy (non-hydrogen) atoms. The zero-order valence-electron chi connectivity index (χ0n) is 9.79. The molecule has 0 aromatic rings. The van der Waals surface area contributed by atoms with Crippen LogP contribution in [0.3, 0.4) is 0 Å². The molecular formula is C11H22N2O2. The van der Waals surface area contributed by atoms with Crippen molar-refractivity contribution < 1.29 is 9.90 Å². The number of hydrogen-bond acceptors (Lipinski definition) is 3. The van der Waals surface area contributed by atoms with E-state index in [-0.39, 0.29) is 30.4 Å². The molecule has 2 unspecified atom stereocenters. The largest absolute Gasteiger partial charge is 0.396 e. The molecule has 1 amide bonds. The lowest BCUT2D eigenvalue weighted by atomic mass is 9.96. The average molecular weight is 214 g/mol. The minimum atomic E-state index is 0.0373. The van der Waals surface area contributed by atoms with E-state index in [2.05, 4.69) is 17.6 Å². The lowest BCUT2D eigenvalue weighted by Gasteiger charge is -2.22. The molecule has 0 spiro atoms. The van der Waals surface area contributed by atoms with Crippen molar-refractivity contribution >= 4 is 5.91 Å². The molecule has 0 radical (unpaired) electrons. The molecule has 0 aromatic heterocycles. The first-order valence-corrected chi connectivity index (χ1v) is 5.68. The van der Waals surface area contributed by atoms with Crippen molar-refractivity contribution in [3.63, 3.8) is 0 Å². The zero-order valence-corrected chi connectivity index (χ0v) is 9.79. The number of carbonyl (C=O) groups is 1. The Balaban J connectivity index is 2.41. The van der Waals surface area contributed by atoms with E-state index in [1.807, 2.05) is 13.8 Å². The van der Waals surface area contributed by atoms with Crippen LogP contribution in [0.1, 0.15) is 20.8 Å². The maximum Gasteiger partial charge on any atom is 0.224 e. The molecule has 0 bridgehead atoms. The van der Waals surface area contributed by atoms with Crippen LogP contribution in [0.4, 0.5) is 0 Å². The van der Waals surface area contributed by atoms with Crippen LogP contribution in [0, 0.1) is 17.8 Å². The van der Waals surface area contributed by atoms with Crippen LogP contribution in [0.15, 0.2) is 0 Å². The van der Waals surface area contributed by atoms with Gasteiger partial charge in [0.15, 0.2) is 0 Å². The van der Waals surface area contributed by atoms with Gasteiger partial charge in [-0.1, -0.05) is 13.8 Å². The summed E-state index contributed by atoms with van der Waals surface area (Å²) in [6, 6.07) is 0.0373. The summed E-state index contributed by atoms with van der Waals surface area (Å²) in [5.74, 6) is 0.707. The van der Waals surface area contributed by atoms with Crippen LogP contribution in [0.2, 0.25) is 0 Å². The van der Waals surface area contributed by atoms with Gasteiger partial charge in [0, 0.05) is 19.2 Å². The normalized spacial score (nSPS) is 29.9. The average Bonchev–Trinajstić information content (AvgIpc) is 2.63. The van der Waals surface area contributed by atoms with Gasteiger partial charge < -0.3 is 15.7 Å². The first-order chi connectivity index (χ1) is 7.06. The Labute approximate surface area is 91.4 Å². The minimum absolute atomic E-state index is 0.0373. The fourth-order valence-corrected chi connectivity index (χ4v) is 1.79. The summed E-state index contributed by atoms with van der Waals surface area (Å²) in [5, 5.41) is 15.1. The van der Waals surface area contributed by atoms with Crippen LogP contribution in [-0.2, 0) is 4.79 Å². The van der Waals surface area contributed by atoms with Gasteiger partial charge in [-0.25, -0.2) is 0 Å². The quantitative estimate of drug-likeness (QED) is 0.616. The number of rotatable bonds is 4. The van der Waals surface area contributed by atoms with Gasteiger partial charge in [-0.15, -0.1) is 0 Å². The first-order valence-electron chi connectivity index (χ1n) is 5.68. The molecular weight excluding hydrogens is 192 g/mol. The van der Waals surface area contributed by atoms with E-state index < -0.39 is 0 Å². The van der Waals surface area contributed by atoms with E-state index in [4.69, 9.17) is 5.11 Å². The number of aliphatic hydroxyl groups is 1. The molecule has 1 aliphatic rings. The van der Waals surface area contributed by atoms with Crippen molar-refractivity contribution in [2.75, 3.05) is 19.7 Å². The molecule has 4 atom stereocenters. The minimum Gasteiger partial charge on any atom is -0.396 e. The van der Waals surface area contributed by atoms with Crippen LogP contribution >= 0.6 is 0 Å². The monoisotopic (exact) mass is 214 g/mol. The fourth-order valence-electron chi connectivity index (χ4n) is 1.79. The Hall–Kier alpha value is -0.610. The van der Waals surface area contributed by atoms with Crippen LogP contribution in [0.25, 0.3) is 0 Å². The topological polar surface area (TPSA) is 61.4 Å². The number of carbonyl (C=O) groups excluding carboxylic acids is 1. The van der Waals surface area contributed by atoms with E-state index in [0.717, 1.165) is 13.1 Å². The maximum absolute atomic E-state index is 11.9. The highest BCUT2D eigenvalue weighted by molar-refractivity contribution is 5.79. The second-order valence-corrected chi connectivity index (χ2v) is 4.70. The SMILES string of the molecule is CC(CO)C(C)NC(=O)[C@@H]1CNC[C@H]1C. The van der Waals surface area contributed by atoms with Crippen LogP contribution in [-0.4, -0.2) is 36.8 Å². The highest BCUT2D eigenvalue weighted by Gasteiger charge is 2.30. The molecule has 0 saturated carbocycles. The van der Waals surface area contributed by atoms with Gasteiger partial charge in [-0.3, -0.25) is 4.79 Å². The molecule has 1 saturated heterocycles. The summed E-state index contributed by atoms with van der Waals surface area (Å²) in [4.78, 5) is 11.9. The third-order valence-corrected chi connectivity index (χ3v) is 3.37. The summed E-state index contributed by atoms with van der Waals surface area (Å²) < 4.78 is 0. The van der Waals surface area contributed by atoms with Crippen molar-refractivity contribution in [1.82, 2.24) is 10.6 Å². The number of amides is 1. The van der Waals surface area contributed by atoms with E-state index in [1.54, 1.807) is 0 Å². The van der Waals surface area contributed by atoms with Gasteiger partial charge in [0.2, 0.25) is 5.91 Å². The summed E-state index contributed by atoms with van der Waals surface area (Å²) in [7, 11) is 0. The third kappa shape index (κ3) is 3.18. The second-order valence-electron chi connectivity index (χ2n) is 4.70. The molecule has 88 valence electrons. The molecule has 3 N–H and O–H groups in total. The lowest BCUT2D eigenvalue weighted by Crippen LogP contribution is -2.43. The highest BCUT2D eigenvalue weighted by Crippen LogP contribution is 2.16. The lowest BCUT2D eigenvalue weighted by molar-refractivity contribution is -0.126. The van der Waals surface area contributed by atoms with Gasteiger partial charge in [0.05, 0.1) is 5.92 Å². The Morgan fingerprint density at radius 2 is 2.20 bits per heavy atom. The summed E-state index contributed by atoms with van der Waals surface area (Å²) in [6.07, 6.45) is 0. The molecule has 0 aliphatic carbocycles. The van der Waals surface area contributed by atoms with E-state index >= 15 is 0 Å². The number of nitrogens with one attached hydrogen (secondary N) is 2. The van der Waals surface area contributed by atoms with Crippen LogP contribution in [0.5, 0.6) is 0 Å². The Kier molecular flexibility index (Phi) is 4.54. The fraction of sp³-hybridized carbons (Fsp3) is 0.909. The van der Waals surface area contributed by atoms with Gasteiger partial charge in [-0.05, 0) is 25.3 Å². The third-order valence-electron chi connectivity index (χ3n) is 3.37. The number of aliphatic hydroxyl groups excluding tert-OH is 1. The molecule has 1 heterocycles. The predicted octanol–water partition coefficient (Wildman–Crippen LogP) is -0.0250. The molecule has 4 heteroatoms. The van der Waals surface area contributed by atoms with E-state index in [9.17, 15) is 4.79 Å². The molecule has 0 aromatic carbocycles. The zero-order chi connectivity index (χ0) is 11.4. The summed E-state index contributed by atoms with van der Waals surface area (Å²) in [6.45, 7) is 7.76. The van der Waals surface area contributed by atoms with Crippen LogP contribution < -0.4 is 10.6 Å². The van der Waals surface area contributed by atoms with Gasteiger partial charge in [0.1, 0.15) is 0 Å². The smallest absolute Gasteiger partial charge is 0.224 e. The second kappa shape index (κ2) is 5.47. The maximum atomic E-state index is 11.9. The Morgan fingerprint density at radius 1 is 1.53 bits per heavy atom. The molecule has 1 aliphatic heterocycles. The van der Waals surface area contributed by atoms with E-state index in [0.29, 0.717) is 5.92 Å². The van der Waals surface area contributed by atoms with Gasteiger partial charge >= 0.3 is 0 Å². The first kappa shape index (κ1) is 12.5. The highest BCUT2D eigenvalue weighted by atomic mass is 16.3. The van der Waals surface area contributed by atoms with Crippen molar-refractivity contribution in [3.05, 3.63) is 0 Å². The van der Waals surface area contributed by atoms with Gasteiger partial charge in [-0.2, -0.15) is 0 Å². The van der Waals surface area contributed by atoms with E-state index in [1.165, 1.54) is 0 Å². The van der Waals surface area contributed by atoms with Crippen molar-refractivity contribution in [2.45, 2.75) is 26.8 Å². The van der Waals surface area contributed by atoms with Crippen molar-refractivity contribution in [1.29, 1.82) is 0 Å². The standard InChI is InChI=1S/C11H22N2O2/c1-7-4-12-5-10(7)11(15)13-9(3)8(2)6-14/h7-10,12,14H,4-6H2,1-3H3,(H,13,15)/t7-,8?,9?,10-/m1/s1. The Morgan fingerprint density at radius 3 is 2.67 bits per heavy atom.